The Bertz CT molecular complexity index is 883. The molecule has 4 rings (SSSR count). The Morgan fingerprint density at radius 1 is 0.885 bits per heavy atom. The fraction of sp³-hybridized carbons (Fsp3) is 0.143. The van der Waals surface area contributed by atoms with E-state index in [0.717, 1.165) is 28.1 Å². The monoisotopic (exact) mass is 362 g/mol. The molecule has 0 radical (unpaired) electrons. The first kappa shape index (κ1) is 16.8. The van der Waals surface area contributed by atoms with E-state index < -0.39 is 0 Å². The molecule has 1 aliphatic rings. The molecule has 2 heterocycles. The third-order valence-corrected chi connectivity index (χ3v) is 5.57. The second kappa shape index (κ2) is 7.33. The summed E-state index contributed by atoms with van der Waals surface area (Å²) in [6.45, 7) is 1.11. The molecule has 4 nitrogen and oxygen atoms in total. The van der Waals surface area contributed by atoms with Gasteiger partial charge in [0, 0.05) is 18.0 Å². The number of anilines is 1. The molecule has 1 unspecified atom stereocenters. The van der Waals surface area contributed by atoms with Gasteiger partial charge in [0.1, 0.15) is 6.04 Å². The van der Waals surface area contributed by atoms with Gasteiger partial charge in [0.25, 0.3) is 0 Å². The van der Waals surface area contributed by atoms with Gasteiger partial charge in [-0.05, 0) is 46.3 Å². The van der Waals surface area contributed by atoms with Crippen LogP contribution < -0.4 is 21.9 Å². The van der Waals surface area contributed by atoms with Gasteiger partial charge in [0.2, 0.25) is 0 Å². The lowest BCUT2D eigenvalue weighted by Crippen LogP contribution is -2.33. The molecular formula is C21H22N4S. The minimum atomic E-state index is 0.155. The van der Waals surface area contributed by atoms with E-state index in [0.29, 0.717) is 13.1 Å². The summed E-state index contributed by atoms with van der Waals surface area (Å²) in [5.41, 5.74) is 20.7. The maximum atomic E-state index is 5.73. The van der Waals surface area contributed by atoms with Crippen molar-refractivity contribution in [2.75, 3.05) is 5.01 Å². The molecule has 0 spiro atoms. The molecule has 5 heteroatoms. The maximum Gasteiger partial charge on any atom is 0.105 e. The predicted molar refractivity (Wildman–Crippen MR) is 109 cm³/mol. The Morgan fingerprint density at radius 3 is 2.12 bits per heavy atom. The molecule has 0 amide bonds. The van der Waals surface area contributed by atoms with Gasteiger partial charge in [-0.2, -0.15) is 0 Å². The first-order chi connectivity index (χ1) is 12.8. The number of nitrogens with one attached hydrogen (secondary N) is 1. The van der Waals surface area contributed by atoms with E-state index in [1.54, 1.807) is 11.3 Å². The summed E-state index contributed by atoms with van der Waals surface area (Å²) >= 11 is 1.77. The van der Waals surface area contributed by atoms with Crippen molar-refractivity contribution in [3.63, 3.8) is 0 Å². The first-order valence-electron chi connectivity index (χ1n) is 8.68. The SMILES string of the molecule is NCc1ccc(C2=CC(c3cccs3)N(c3ccc(CN)cc3)N2)cc1. The molecule has 0 aliphatic carbocycles. The van der Waals surface area contributed by atoms with Crippen molar-refractivity contribution < 1.29 is 0 Å². The van der Waals surface area contributed by atoms with Gasteiger partial charge in [-0.3, -0.25) is 10.4 Å². The summed E-state index contributed by atoms with van der Waals surface area (Å²) in [6.07, 6.45) is 2.28. The zero-order chi connectivity index (χ0) is 17.9. The van der Waals surface area contributed by atoms with Crippen LogP contribution in [0, 0.1) is 0 Å². The zero-order valence-electron chi connectivity index (χ0n) is 14.4. The van der Waals surface area contributed by atoms with Gasteiger partial charge in [-0.25, -0.2) is 0 Å². The summed E-state index contributed by atoms with van der Waals surface area (Å²) in [5, 5.41) is 4.32. The van der Waals surface area contributed by atoms with Crippen LogP contribution in [0.5, 0.6) is 0 Å². The van der Waals surface area contributed by atoms with E-state index >= 15 is 0 Å². The maximum absolute atomic E-state index is 5.73. The third kappa shape index (κ3) is 3.24. The number of nitrogens with two attached hydrogens (primary N) is 2. The van der Waals surface area contributed by atoms with E-state index in [1.807, 2.05) is 0 Å². The molecule has 3 aromatic rings. The highest BCUT2D eigenvalue weighted by atomic mass is 32.1. The summed E-state index contributed by atoms with van der Waals surface area (Å²) < 4.78 is 0. The van der Waals surface area contributed by atoms with Crippen molar-refractivity contribution in [2.45, 2.75) is 19.1 Å². The lowest BCUT2D eigenvalue weighted by Gasteiger charge is -2.27. The van der Waals surface area contributed by atoms with Crippen LogP contribution in [0.25, 0.3) is 5.70 Å². The quantitative estimate of drug-likeness (QED) is 0.646. The zero-order valence-corrected chi connectivity index (χ0v) is 15.2. The van der Waals surface area contributed by atoms with Gasteiger partial charge in [0.15, 0.2) is 0 Å². The standard InChI is InChI=1S/C21H22N4S/c22-13-15-3-7-17(8-4-15)19-12-20(21-2-1-11-26-21)25(24-19)18-9-5-16(14-23)6-10-18/h1-12,20,24H,13-14,22-23H2. The molecule has 26 heavy (non-hydrogen) atoms. The Kier molecular flexibility index (Phi) is 4.75. The van der Waals surface area contributed by atoms with Gasteiger partial charge in [-0.1, -0.05) is 42.5 Å². The van der Waals surface area contributed by atoms with Gasteiger partial charge in [0.05, 0.1) is 11.4 Å². The molecule has 0 fully saturated rings. The van der Waals surface area contributed by atoms with Crippen LogP contribution in [0.1, 0.15) is 27.6 Å². The van der Waals surface area contributed by atoms with Crippen LogP contribution in [0.3, 0.4) is 0 Å². The van der Waals surface area contributed by atoms with E-state index in [-0.39, 0.29) is 6.04 Å². The number of hydrogen-bond donors (Lipinski definition) is 3. The van der Waals surface area contributed by atoms with Crippen LogP contribution in [0.4, 0.5) is 5.69 Å². The lowest BCUT2D eigenvalue weighted by molar-refractivity contribution is 0.733. The molecule has 1 aromatic heterocycles. The number of rotatable bonds is 5. The third-order valence-electron chi connectivity index (χ3n) is 4.63. The molecule has 0 saturated carbocycles. The van der Waals surface area contributed by atoms with Crippen molar-refractivity contribution in [1.29, 1.82) is 0 Å². The Morgan fingerprint density at radius 2 is 1.54 bits per heavy atom. The molecule has 1 aliphatic heterocycles. The predicted octanol–water partition coefficient (Wildman–Crippen LogP) is 3.77. The van der Waals surface area contributed by atoms with E-state index in [2.05, 4.69) is 82.6 Å². The second-order valence-corrected chi connectivity index (χ2v) is 7.27. The first-order valence-corrected chi connectivity index (χ1v) is 9.56. The minimum Gasteiger partial charge on any atom is -0.326 e. The van der Waals surface area contributed by atoms with E-state index in [1.165, 1.54) is 4.88 Å². The molecule has 0 bridgehead atoms. The van der Waals surface area contributed by atoms with E-state index in [4.69, 9.17) is 11.5 Å². The van der Waals surface area contributed by atoms with Gasteiger partial charge < -0.3 is 11.5 Å². The largest absolute Gasteiger partial charge is 0.326 e. The highest BCUT2D eigenvalue weighted by molar-refractivity contribution is 7.10. The minimum absolute atomic E-state index is 0.155. The average molecular weight is 363 g/mol. The normalized spacial score (nSPS) is 16.5. The Labute approximate surface area is 157 Å². The molecule has 132 valence electrons. The second-order valence-electron chi connectivity index (χ2n) is 6.29. The number of nitrogens with zero attached hydrogens (tertiary/aromatic N) is 1. The number of hydrogen-bond acceptors (Lipinski definition) is 5. The number of thiophene rings is 1. The van der Waals surface area contributed by atoms with Crippen molar-refractivity contribution in [3.05, 3.63) is 93.7 Å². The van der Waals surface area contributed by atoms with Crippen molar-refractivity contribution in [1.82, 2.24) is 5.43 Å². The van der Waals surface area contributed by atoms with Gasteiger partial charge >= 0.3 is 0 Å². The van der Waals surface area contributed by atoms with Crippen LogP contribution >= 0.6 is 11.3 Å². The van der Waals surface area contributed by atoms with E-state index in [9.17, 15) is 0 Å². The van der Waals surface area contributed by atoms with Gasteiger partial charge in [-0.15, -0.1) is 11.3 Å². The fourth-order valence-corrected chi connectivity index (χ4v) is 3.92. The Hall–Kier alpha value is -2.60. The molecule has 0 saturated heterocycles. The summed E-state index contributed by atoms with van der Waals surface area (Å²) in [5.74, 6) is 0. The molecular weight excluding hydrogens is 340 g/mol. The van der Waals surface area contributed by atoms with Crippen LogP contribution in [0.15, 0.2) is 72.1 Å². The summed E-state index contributed by atoms with van der Waals surface area (Å²) in [6, 6.07) is 21.2. The lowest BCUT2D eigenvalue weighted by atomic mass is 10.1. The fourth-order valence-electron chi connectivity index (χ4n) is 3.14. The molecule has 5 N–H and O–H groups in total. The highest BCUT2D eigenvalue weighted by Crippen LogP contribution is 2.36. The van der Waals surface area contributed by atoms with Crippen LogP contribution in [-0.4, -0.2) is 0 Å². The molecule has 1 atom stereocenters. The van der Waals surface area contributed by atoms with Crippen molar-refractivity contribution >= 4 is 22.7 Å². The van der Waals surface area contributed by atoms with Crippen LogP contribution in [-0.2, 0) is 13.1 Å². The van der Waals surface area contributed by atoms with Crippen LogP contribution in [0.2, 0.25) is 0 Å². The van der Waals surface area contributed by atoms with Crippen molar-refractivity contribution in [3.8, 4) is 0 Å². The molecule has 2 aromatic carbocycles. The number of benzene rings is 2. The highest BCUT2D eigenvalue weighted by Gasteiger charge is 2.27. The number of hydrazine groups is 1. The smallest absolute Gasteiger partial charge is 0.105 e. The summed E-state index contributed by atoms with van der Waals surface area (Å²) in [7, 11) is 0. The van der Waals surface area contributed by atoms with Crippen molar-refractivity contribution in [2.24, 2.45) is 11.5 Å². The Balaban J connectivity index is 1.67. The average Bonchev–Trinajstić information content (AvgIpc) is 3.38. The topological polar surface area (TPSA) is 67.3 Å². The summed E-state index contributed by atoms with van der Waals surface area (Å²) in [4.78, 5) is 1.30.